The van der Waals surface area contributed by atoms with Crippen LogP contribution in [-0.2, 0) is 20.7 Å². The standard InChI is InChI=1S/C24H35Cl2N3O4.C4H4O4/c25-19-15-18(16-20(26)24(19)27)22(31)17-28-9-3-1-2-4-12-32-13-6-7-21-23(33-14-11-30)8-5-10-29-21;5-3(6)1-2-4(7)8/h5,8,10,15-16,22,28,30-31H,1-4,6-7,9,11-14,17,27H2;1-2H,(H,5,6)(H,7,8)/b;2-1+. The highest BCUT2D eigenvalue weighted by Crippen LogP contribution is 2.31. The van der Waals surface area contributed by atoms with Crippen molar-refractivity contribution in [1.29, 1.82) is 0 Å². The average molecular weight is 617 g/mol. The summed E-state index contributed by atoms with van der Waals surface area (Å²) in [4.78, 5) is 23.5. The van der Waals surface area contributed by atoms with Gasteiger partial charge in [0.15, 0.2) is 0 Å². The molecule has 2 rings (SSSR count). The van der Waals surface area contributed by atoms with Gasteiger partial charge in [0.05, 0.1) is 34.1 Å². The summed E-state index contributed by atoms with van der Waals surface area (Å²) >= 11 is 12.0. The minimum Gasteiger partial charge on any atom is -0.489 e. The zero-order chi connectivity index (χ0) is 30.5. The highest BCUT2D eigenvalue weighted by atomic mass is 35.5. The molecule has 1 aromatic heterocycles. The van der Waals surface area contributed by atoms with E-state index in [4.69, 9.17) is 53.7 Å². The second kappa shape index (κ2) is 21.8. The molecule has 1 heterocycles. The lowest BCUT2D eigenvalue weighted by molar-refractivity contribution is -0.134. The van der Waals surface area contributed by atoms with Gasteiger partial charge >= 0.3 is 11.9 Å². The molecule has 0 fully saturated rings. The Kier molecular flexibility index (Phi) is 19.2. The van der Waals surface area contributed by atoms with E-state index in [-0.39, 0.29) is 13.2 Å². The molecule has 0 bridgehead atoms. The number of aliphatic hydroxyl groups excluding tert-OH is 2. The zero-order valence-corrected chi connectivity index (χ0v) is 24.3. The van der Waals surface area contributed by atoms with E-state index in [9.17, 15) is 14.7 Å². The summed E-state index contributed by atoms with van der Waals surface area (Å²) in [6.07, 6.45) is 8.12. The van der Waals surface area contributed by atoms with Gasteiger partial charge in [-0.3, -0.25) is 4.98 Å². The number of hydrogen-bond acceptors (Lipinski definition) is 9. The first-order valence-electron chi connectivity index (χ1n) is 13.2. The topological polar surface area (TPSA) is 184 Å². The molecule has 11 nitrogen and oxygen atoms in total. The number of rotatable bonds is 19. The number of nitrogens with two attached hydrogens (primary N) is 1. The first-order chi connectivity index (χ1) is 19.6. The lowest BCUT2D eigenvalue weighted by atomic mass is 10.1. The number of aromatic nitrogens is 1. The van der Waals surface area contributed by atoms with Gasteiger partial charge in [0.25, 0.3) is 0 Å². The van der Waals surface area contributed by atoms with Gasteiger partial charge in [0.2, 0.25) is 0 Å². The van der Waals surface area contributed by atoms with Crippen molar-refractivity contribution >= 4 is 40.8 Å². The normalized spacial score (nSPS) is 11.6. The molecule has 1 unspecified atom stereocenters. The average Bonchev–Trinajstić information content (AvgIpc) is 2.94. The summed E-state index contributed by atoms with van der Waals surface area (Å²) in [6.45, 7) is 2.97. The van der Waals surface area contributed by atoms with Gasteiger partial charge in [-0.1, -0.05) is 36.0 Å². The van der Waals surface area contributed by atoms with E-state index in [0.717, 1.165) is 63.1 Å². The largest absolute Gasteiger partial charge is 0.489 e. The Morgan fingerprint density at radius 3 is 2.27 bits per heavy atom. The van der Waals surface area contributed by atoms with Gasteiger partial charge in [-0.05, 0) is 62.1 Å². The summed E-state index contributed by atoms with van der Waals surface area (Å²) in [6, 6.07) is 7.00. The number of unbranched alkanes of at least 4 members (excludes halogenated alkanes) is 3. The van der Waals surface area contributed by atoms with Crippen molar-refractivity contribution < 1.29 is 39.5 Å². The molecule has 1 atom stereocenters. The van der Waals surface area contributed by atoms with Gasteiger partial charge in [0.1, 0.15) is 12.4 Å². The third-order valence-electron chi connectivity index (χ3n) is 5.48. The highest BCUT2D eigenvalue weighted by molar-refractivity contribution is 6.38. The number of carboxylic acid groups (broad SMARTS) is 2. The van der Waals surface area contributed by atoms with E-state index in [0.29, 0.717) is 46.6 Å². The Bertz CT molecular complexity index is 1050. The fraction of sp³-hybridized carbons (Fsp3) is 0.464. The molecule has 0 saturated heterocycles. The second-order valence-electron chi connectivity index (χ2n) is 8.78. The van der Waals surface area contributed by atoms with Crippen molar-refractivity contribution in [3.8, 4) is 5.75 Å². The number of carboxylic acids is 2. The number of anilines is 1. The third kappa shape index (κ3) is 16.8. The van der Waals surface area contributed by atoms with E-state index < -0.39 is 18.0 Å². The molecular weight excluding hydrogens is 577 g/mol. The first kappa shape index (κ1) is 36.1. The van der Waals surface area contributed by atoms with Crippen molar-refractivity contribution in [2.75, 3.05) is 45.3 Å². The van der Waals surface area contributed by atoms with Crippen molar-refractivity contribution in [2.24, 2.45) is 0 Å². The van der Waals surface area contributed by atoms with E-state index >= 15 is 0 Å². The second-order valence-corrected chi connectivity index (χ2v) is 9.59. The van der Waals surface area contributed by atoms with Crippen LogP contribution in [0, 0.1) is 0 Å². The number of aryl methyl sites for hydroxylation is 1. The quantitative estimate of drug-likeness (QED) is 0.0765. The Balaban J connectivity index is 0.000000915. The molecule has 0 aliphatic rings. The number of halogens is 2. The maximum atomic E-state index is 10.3. The van der Waals surface area contributed by atoms with Crippen LogP contribution < -0.4 is 15.8 Å². The minimum absolute atomic E-state index is 0.0102. The number of pyridine rings is 1. The van der Waals surface area contributed by atoms with Crippen LogP contribution in [0.15, 0.2) is 42.6 Å². The van der Waals surface area contributed by atoms with Crippen molar-refractivity contribution in [3.63, 3.8) is 0 Å². The Morgan fingerprint density at radius 2 is 1.63 bits per heavy atom. The van der Waals surface area contributed by atoms with E-state index in [1.807, 2.05) is 12.1 Å². The van der Waals surface area contributed by atoms with Gasteiger partial charge < -0.3 is 41.0 Å². The number of nitrogen functional groups attached to an aromatic ring is 1. The van der Waals surface area contributed by atoms with Gasteiger partial charge in [-0.15, -0.1) is 0 Å². The number of benzene rings is 1. The fourth-order valence-electron chi connectivity index (χ4n) is 3.44. The molecule has 13 heteroatoms. The number of nitrogens with zero attached hydrogens (tertiary/aromatic N) is 1. The van der Waals surface area contributed by atoms with Crippen LogP contribution >= 0.6 is 23.2 Å². The number of carbonyl (C=O) groups is 2. The molecular formula is C28H39Cl2N3O8. The van der Waals surface area contributed by atoms with Crippen LogP contribution in [0.5, 0.6) is 5.75 Å². The third-order valence-corrected chi connectivity index (χ3v) is 6.11. The molecule has 0 aliphatic carbocycles. The lowest BCUT2D eigenvalue weighted by Gasteiger charge is -2.14. The number of hydrogen-bond donors (Lipinski definition) is 6. The maximum absolute atomic E-state index is 10.3. The number of aliphatic carboxylic acids is 2. The smallest absolute Gasteiger partial charge is 0.328 e. The Morgan fingerprint density at radius 1 is 1.00 bits per heavy atom. The Labute approximate surface area is 249 Å². The van der Waals surface area contributed by atoms with Crippen LogP contribution in [-0.4, -0.2) is 76.9 Å². The van der Waals surface area contributed by atoms with Crippen molar-refractivity contribution in [1.82, 2.24) is 10.3 Å². The summed E-state index contributed by atoms with van der Waals surface area (Å²) in [5.74, 6) is -1.78. The highest BCUT2D eigenvalue weighted by Gasteiger charge is 2.12. The van der Waals surface area contributed by atoms with Gasteiger partial charge in [-0.25, -0.2) is 9.59 Å². The predicted molar refractivity (Wildman–Crippen MR) is 158 cm³/mol. The molecule has 2 aromatic rings. The van der Waals surface area contributed by atoms with Crippen molar-refractivity contribution in [3.05, 3.63) is 63.9 Å². The molecule has 0 amide bonds. The monoisotopic (exact) mass is 615 g/mol. The molecule has 1 aromatic carbocycles. The lowest BCUT2D eigenvalue weighted by Crippen LogP contribution is -2.22. The van der Waals surface area contributed by atoms with E-state index in [2.05, 4.69) is 10.3 Å². The number of nitrogens with one attached hydrogen (secondary N) is 1. The van der Waals surface area contributed by atoms with E-state index in [1.54, 1.807) is 18.3 Å². The summed E-state index contributed by atoms with van der Waals surface area (Å²) in [5.41, 5.74) is 7.61. The molecule has 0 spiro atoms. The maximum Gasteiger partial charge on any atom is 0.328 e. The minimum atomic E-state index is -1.26. The van der Waals surface area contributed by atoms with Crippen LogP contribution in [0.1, 0.15) is 49.5 Å². The van der Waals surface area contributed by atoms with Crippen LogP contribution in [0.4, 0.5) is 5.69 Å². The zero-order valence-electron chi connectivity index (χ0n) is 22.8. The number of ether oxygens (including phenoxy) is 2. The fourth-order valence-corrected chi connectivity index (χ4v) is 3.95. The van der Waals surface area contributed by atoms with Gasteiger partial charge in [0, 0.05) is 38.1 Å². The molecule has 0 saturated carbocycles. The summed E-state index contributed by atoms with van der Waals surface area (Å²) in [7, 11) is 0. The molecule has 7 N–H and O–H groups in total. The molecule has 41 heavy (non-hydrogen) atoms. The molecule has 0 aliphatic heterocycles. The molecule has 228 valence electrons. The summed E-state index contributed by atoms with van der Waals surface area (Å²) in [5, 5.41) is 38.8. The van der Waals surface area contributed by atoms with E-state index in [1.165, 1.54) is 0 Å². The van der Waals surface area contributed by atoms with Crippen molar-refractivity contribution in [2.45, 2.75) is 44.6 Å². The first-order valence-corrected chi connectivity index (χ1v) is 13.9. The van der Waals surface area contributed by atoms with Crippen LogP contribution in [0.2, 0.25) is 10.0 Å². The van der Waals surface area contributed by atoms with Gasteiger partial charge in [-0.2, -0.15) is 0 Å². The van der Waals surface area contributed by atoms with Crippen LogP contribution in [0.3, 0.4) is 0 Å². The van der Waals surface area contributed by atoms with Crippen LogP contribution in [0.25, 0.3) is 0 Å². The SMILES string of the molecule is Nc1c(Cl)cc(C(O)CNCCCCCCOCCCc2ncccc2OCCO)cc1Cl.O=C(O)/C=C/C(=O)O. The predicted octanol–water partition coefficient (Wildman–Crippen LogP) is 3.89. The Hall–Kier alpha value is -2.93. The molecule has 0 radical (unpaired) electrons. The number of aliphatic hydroxyl groups is 2. The summed E-state index contributed by atoms with van der Waals surface area (Å²) < 4.78 is 11.2.